The molecule has 0 aliphatic heterocycles. The summed E-state index contributed by atoms with van der Waals surface area (Å²) in [5.41, 5.74) is 0. The molecule has 5 amide bonds. The molecule has 1 atom stereocenters. The normalized spacial score (nSPS) is 12.0. The van der Waals surface area contributed by atoms with Crippen LogP contribution in [-0.2, 0) is 38.2 Å². The minimum atomic E-state index is -0.762. The van der Waals surface area contributed by atoms with Gasteiger partial charge in [0.1, 0.15) is 6.04 Å². The van der Waals surface area contributed by atoms with Gasteiger partial charge in [-0.3, -0.25) is 24.0 Å². The number of amides is 5. The Hall–Kier alpha value is -2.77. The Morgan fingerprint density at radius 3 is 1.25 bits per heavy atom. The molecule has 55 heavy (non-hydrogen) atoms. The Balaban J connectivity index is 5.22. The molecule has 0 spiro atoms. The highest BCUT2D eigenvalue weighted by atomic mass is 16.5. The van der Waals surface area contributed by atoms with Crippen molar-refractivity contribution < 1.29 is 38.2 Å². The van der Waals surface area contributed by atoms with Crippen LogP contribution in [0, 0.1) is 5.92 Å². The Morgan fingerprint density at radius 1 is 0.473 bits per heavy atom. The van der Waals surface area contributed by atoms with Crippen molar-refractivity contribution in [2.24, 2.45) is 5.92 Å². The van der Waals surface area contributed by atoms with E-state index in [1.54, 1.807) is 4.90 Å². The SMILES string of the molecule is CC(C)CC(=O)NC(CCCCNC(=O)CCCCCOC(C)C)C(=O)N(CCNC(=O)CCCCCOC(C)C)CCNC(=O)CCCCCOC(C)C. The number of carbonyl (C=O) groups excluding carboxylic acids is 5. The highest BCUT2D eigenvalue weighted by Gasteiger charge is 2.26. The zero-order valence-electron chi connectivity index (χ0n) is 36.1. The van der Waals surface area contributed by atoms with Crippen molar-refractivity contribution in [3.05, 3.63) is 0 Å². The number of hydrogen-bond acceptors (Lipinski definition) is 8. The first-order valence-electron chi connectivity index (χ1n) is 21.4. The quantitative estimate of drug-likeness (QED) is 0.0578. The molecular formula is C42H81N5O8. The van der Waals surface area contributed by atoms with Gasteiger partial charge in [-0.1, -0.05) is 33.1 Å². The van der Waals surface area contributed by atoms with Crippen molar-refractivity contribution >= 4 is 29.5 Å². The van der Waals surface area contributed by atoms with Crippen LogP contribution in [0.4, 0.5) is 0 Å². The number of unbranched alkanes of at least 4 members (excludes halogenated alkanes) is 7. The van der Waals surface area contributed by atoms with E-state index in [1.165, 1.54) is 0 Å². The minimum absolute atomic E-state index is 0.0122. The van der Waals surface area contributed by atoms with Crippen LogP contribution in [0.25, 0.3) is 0 Å². The van der Waals surface area contributed by atoms with E-state index in [0.717, 1.165) is 57.8 Å². The minimum Gasteiger partial charge on any atom is -0.379 e. The molecule has 0 radical (unpaired) electrons. The summed E-state index contributed by atoms with van der Waals surface area (Å²) in [6.45, 7) is 19.5. The summed E-state index contributed by atoms with van der Waals surface area (Å²) >= 11 is 0. The Morgan fingerprint density at radius 2 is 0.873 bits per heavy atom. The van der Waals surface area contributed by atoms with Crippen LogP contribution in [0.2, 0.25) is 0 Å². The summed E-state index contributed by atoms with van der Waals surface area (Å²) < 4.78 is 16.7. The van der Waals surface area contributed by atoms with E-state index >= 15 is 0 Å². The molecule has 0 aliphatic carbocycles. The standard InChI is InChI=1S/C42H81N5O8/c1-33(2)32-41(51)46-37(20-15-16-24-43-38(48)21-12-9-17-29-53-34(3)4)42(52)47(27-25-44-39(49)22-13-10-18-30-54-35(5)6)28-26-45-40(50)23-14-11-19-31-55-36(7)8/h33-37H,9-32H2,1-8H3,(H,43,48)(H,44,49)(H,45,50)(H,46,51). The van der Waals surface area contributed by atoms with Gasteiger partial charge in [-0.25, -0.2) is 0 Å². The monoisotopic (exact) mass is 784 g/mol. The summed E-state index contributed by atoms with van der Waals surface area (Å²) in [7, 11) is 0. The van der Waals surface area contributed by atoms with E-state index in [-0.39, 0.29) is 79.9 Å². The molecule has 0 aliphatic rings. The molecular weight excluding hydrogens is 702 g/mol. The molecule has 0 rings (SSSR count). The van der Waals surface area contributed by atoms with Crippen LogP contribution in [0.5, 0.6) is 0 Å². The van der Waals surface area contributed by atoms with Gasteiger partial charge >= 0.3 is 0 Å². The Kier molecular flexibility index (Phi) is 32.7. The molecule has 0 saturated carbocycles. The van der Waals surface area contributed by atoms with E-state index in [9.17, 15) is 24.0 Å². The number of rotatable bonds is 36. The molecule has 13 nitrogen and oxygen atoms in total. The number of nitrogens with one attached hydrogen (secondary N) is 4. The third-order valence-corrected chi connectivity index (χ3v) is 8.69. The molecule has 0 heterocycles. The molecule has 4 N–H and O–H groups in total. The molecule has 13 heteroatoms. The predicted molar refractivity (Wildman–Crippen MR) is 220 cm³/mol. The molecule has 0 fully saturated rings. The third-order valence-electron chi connectivity index (χ3n) is 8.69. The van der Waals surface area contributed by atoms with Crippen LogP contribution in [-0.4, -0.2) is 111 Å². The molecule has 0 aromatic heterocycles. The first kappa shape index (κ1) is 52.2. The molecule has 0 bridgehead atoms. The summed E-state index contributed by atoms with van der Waals surface area (Å²) in [4.78, 5) is 66.1. The lowest BCUT2D eigenvalue weighted by Gasteiger charge is -2.28. The zero-order chi connectivity index (χ0) is 41.3. The van der Waals surface area contributed by atoms with Crippen LogP contribution in [0.1, 0.15) is 158 Å². The lowest BCUT2D eigenvalue weighted by Crippen LogP contribution is -2.52. The van der Waals surface area contributed by atoms with Crippen LogP contribution >= 0.6 is 0 Å². The summed E-state index contributed by atoms with van der Waals surface area (Å²) in [6, 6.07) is -0.762. The topological polar surface area (TPSA) is 164 Å². The largest absolute Gasteiger partial charge is 0.379 e. The van der Waals surface area contributed by atoms with Gasteiger partial charge in [-0.05, 0) is 105 Å². The van der Waals surface area contributed by atoms with Gasteiger partial charge < -0.3 is 40.4 Å². The second-order valence-electron chi connectivity index (χ2n) is 15.8. The second-order valence-corrected chi connectivity index (χ2v) is 15.8. The maximum atomic E-state index is 14.0. The van der Waals surface area contributed by atoms with Crippen molar-refractivity contribution in [2.75, 3.05) is 52.5 Å². The second kappa shape index (κ2) is 34.5. The summed E-state index contributed by atoms with van der Waals surface area (Å²) in [6.07, 6.45) is 11.6. The van der Waals surface area contributed by atoms with Crippen molar-refractivity contribution in [1.82, 2.24) is 26.2 Å². The van der Waals surface area contributed by atoms with Gasteiger partial charge in [0.05, 0.1) is 18.3 Å². The fourth-order valence-electron chi connectivity index (χ4n) is 5.71. The summed E-state index contributed by atoms with van der Waals surface area (Å²) in [5.74, 6) is -0.457. The smallest absolute Gasteiger partial charge is 0.245 e. The fourth-order valence-corrected chi connectivity index (χ4v) is 5.71. The lowest BCUT2D eigenvalue weighted by atomic mass is 10.1. The van der Waals surface area contributed by atoms with Crippen LogP contribution in [0.15, 0.2) is 0 Å². The highest BCUT2D eigenvalue weighted by molar-refractivity contribution is 5.88. The fraction of sp³-hybridized carbons (Fsp3) is 0.881. The zero-order valence-corrected chi connectivity index (χ0v) is 36.1. The van der Waals surface area contributed by atoms with Crippen molar-refractivity contribution in [2.45, 2.75) is 182 Å². The molecule has 0 aromatic carbocycles. The van der Waals surface area contributed by atoms with Crippen molar-refractivity contribution in [3.8, 4) is 0 Å². The number of ether oxygens (including phenoxy) is 3. The van der Waals surface area contributed by atoms with Crippen LogP contribution in [0.3, 0.4) is 0 Å². The van der Waals surface area contributed by atoms with Crippen LogP contribution < -0.4 is 21.3 Å². The highest BCUT2D eigenvalue weighted by Crippen LogP contribution is 2.09. The third kappa shape index (κ3) is 34.2. The maximum Gasteiger partial charge on any atom is 0.245 e. The van der Waals surface area contributed by atoms with Gasteiger partial charge in [-0.15, -0.1) is 0 Å². The molecule has 0 aromatic rings. The number of hydrogen-bond donors (Lipinski definition) is 4. The van der Waals surface area contributed by atoms with Crippen molar-refractivity contribution in [1.29, 1.82) is 0 Å². The van der Waals surface area contributed by atoms with E-state index in [0.29, 0.717) is 71.3 Å². The first-order valence-corrected chi connectivity index (χ1v) is 21.4. The summed E-state index contributed by atoms with van der Waals surface area (Å²) in [5, 5.41) is 11.8. The van der Waals surface area contributed by atoms with Gasteiger partial charge in [-0.2, -0.15) is 0 Å². The van der Waals surface area contributed by atoms with E-state index in [2.05, 4.69) is 21.3 Å². The Bertz CT molecular complexity index is 986. The van der Waals surface area contributed by atoms with Gasteiger partial charge in [0.25, 0.3) is 0 Å². The van der Waals surface area contributed by atoms with E-state index < -0.39 is 6.04 Å². The number of nitrogens with zero attached hydrogens (tertiary/aromatic N) is 1. The van der Waals surface area contributed by atoms with E-state index in [1.807, 2.05) is 55.4 Å². The van der Waals surface area contributed by atoms with Crippen molar-refractivity contribution in [3.63, 3.8) is 0 Å². The van der Waals surface area contributed by atoms with Gasteiger partial charge in [0.15, 0.2) is 0 Å². The molecule has 1 unspecified atom stereocenters. The average Bonchev–Trinajstić information content (AvgIpc) is 3.10. The lowest BCUT2D eigenvalue weighted by molar-refractivity contribution is -0.137. The molecule has 0 saturated heterocycles. The molecule has 322 valence electrons. The van der Waals surface area contributed by atoms with E-state index in [4.69, 9.17) is 14.2 Å². The predicted octanol–water partition coefficient (Wildman–Crippen LogP) is 5.82. The maximum absolute atomic E-state index is 14.0. The average molecular weight is 784 g/mol. The Labute approximate surface area is 334 Å². The first-order chi connectivity index (χ1) is 26.2. The van der Waals surface area contributed by atoms with Gasteiger partial charge in [0.2, 0.25) is 29.5 Å². The number of carbonyl (C=O) groups is 5. The van der Waals surface area contributed by atoms with Gasteiger partial charge in [0, 0.05) is 78.2 Å².